The number of nitrogens with one attached hydrogen (secondary N) is 1. The first-order valence-electron chi connectivity index (χ1n) is 6.96. The molecular formula is C14H18N4O4S. The summed E-state index contributed by atoms with van der Waals surface area (Å²) in [5.41, 5.74) is 1.54. The highest BCUT2D eigenvalue weighted by molar-refractivity contribution is 7.90. The molecule has 23 heavy (non-hydrogen) atoms. The van der Waals surface area contributed by atoms with E-state index in [4.69, 9.17) is 0 Å². The normalized spacial score (nSPS) is 11.4. The van der Waals surface area contributed by atoms with Crippen LogP contribution in [0.3, 0.4) is 0 Å². The molecular weight excluding hydrogens is 320 g/mol. The summed E-state index contributed by atoms with van der Waals surface area (Å²) in [5.74, 6) is 0. The molecule has 0 aliphatic heterocycles. The van der Waals surface area contributed by atoms with E-state index >= 15 is 0 Å². The van der Waals surface area contributed by atoms with Gasteiger partial charge in [-0.3, -0.25) is 14.8 Å². The molecule has 1 heterocycles. The lowest BCUT2D eigenvalue weighted by Crippen LogP contribution is -2.08. The molecule has 1 N–H and O–H groups in total. The van der Waals surface area contributed by atoms with E-state index in [9.17, 15) is 18.5 Å². The number of benzene rings is 1. The second-order valence-corrected chi connectivity index (χ2v) is 7.15. The Labute approximate surface area is 134 Å². The highest BCUT2D eigenvalue weighted by Gasteiger charge is 2.26. The van der Waals surface area contributed by atoms with Crippen LogP contribution in [0.1, 0.15) is 18.2 Å². The Morgan fingerprint density at radius 3 is 2.65 bits per heavy atom. The summed E-state index contributed by atoms with van der Waals surface area (Å²) < 4.78 is 25.2. The fourth-order valence-corrected chi connectivity index (χ4v) is 3.23. The number of sulfone groups is 1. The van der Waals surface area contributed by atoms with Crippen LogP contribution in [0.25, 0.3) is 0 Å². The Balaban J connectivity index is 2.38. The lowest BCUT2D eigenvalue weighted by molar-refractivity contribution is -0.386. The second kappa shape index (κ2) is 6.37. The summed E-state index contributed by atoms with van der Waals surface area (Å²) in [4.78, 5) is 10.3. The van der Waals surface area contributed by atoms with Crippen molar-refractivity contribution < 1.29 is 13.3 Å². The molecule has 0 saturated heterocycles. The molecule has 9 heteroatoms. The SMILES string of the molecule is CCc1nn(C)cc1CNc1cccc(S(C)(=O)=O)c1[N+](=O)[O-]. The molecule has 1 aromatic heterocycles. The molecule has 0 amide bonds. The average Bonchev–Trinajstić information content (AvgIpc) is 2.83. The molecule has 0 aliphatic rings. The van der Waals surface area contributed by atoms with Gasteiger partial charge in [-0.15, -0.1) is 0 Å². The standard InChI is InChI=1S/C14H18N4O4S/c1-4-11-10(9-17(2)16-11)8-15-12-6-5-7-13(23(3,21)22)14(12)18(19)20/h5-7,9,15H,4,8H2,1-3H3. The van der Waals surface area contributed by atoms with Crippen molar-refractivity contribution in [3.8, 4) is 0 Å². The van der Waals surface area contributed by atoms with Crippen molar-refractivity contribution in [1.29, 1.82) is 0 Å². The van der Waals surface area contributed by atoms with Gasteiger partial charge in [0.1, 0.15) is 10.6 Å². The van der Waals surface area contributed by atoms with Gasteiger partial charge in [0.15, 0.2) is 9.84 Å². The summed E-state index contributed by atoms with van der Waals surface area (Å²) in [6.07, 6.45) is 3.52. The van der Waals surface area contributed by atoms with Crippen molar-refractivity contribution in [2.45, 2.75) is 24.8 Å². The molecule has 0 atom stereocenters. The monoisotopic (exact) mass is 338 g/mol. The summed E-state index contributed by atoms with van der Waals surface area (Å²) in [6.45, 7) is 2.30. The van der Waals surface area contributed by atoms with E-state index in [1.165, 1.54) is 18.2 Å². The van der Waals surface area contributed by atoms with Gasteiger partial charge >= 0.3 is 5.69 Å². The number of nitro benzene ring substituents is 1. The van der Waals surface area contributed by atoms with Gasteiger partial charge in [-0.1, -0.05) is 13.0 Å². The summed E-state index contributed by atoms with van der Waals surface area (Å²) >= 11 is 0. The first-order valence-corrected chi connectivity index (χ1v) is 8.86. The van der Waals surface area contributed by atoms with E-state index in [1.807, 2.05) is 13.1 Å². The average molecular weight is 338 g/mol. The van der Waals surface area contributed by atoms with E-state index in [1.54, 1.807) is 11.7 Å². The van der Waals surface area contributed by atoms with Crippen LogP contribution in [0.15, 0.2) is 29.3 Å². The van der Waals surface area contributed by atoms with Gasteiger partial charge in [-0.2, -0.15) is 5.10 Å². The molecule has 0 saturated carbocycles. The maximum Gasteiger partial charge on any atom is 0.310 e. The number of hydrogen-bond acceptors (Lipinski definition) is 6. The van der Waals surface area contributed by atoms with E-state index in [-0.39, 0.29) is 10.6 Å². The minimum Gasteiger partial charge on any atom is -0.375 e. The van der Waals surface area contributed by atoms with Crippen LogP contribution in [-0.2, 0) is 29.9 Å². The van der Waals surface area contributed by atoms with Crippen molar-refractivity contribution >= 4 is 21.2 Å². The van der Waals surface area contributed by atoms with Crippen molar-refractivity contribution in [1.82, 2.24) is 9.78 Å². The maximum absolute atomic E-state index is 11.7. The van der Waals surface area contributed by atoms with Gasteiger partial charge in [0, 0.05) is 31.6 Å². The van der Waals surface area contributed by atoms with Crippen LogP contribution in [0, 0.1) is 10.1 Å². The smallest absolute Gasteiger partial charge is 0.310 e. The van der Waals surface area contributed by atoms with Crippen LogP contribution in [0.2, 0.25) is 0 Å². The van der Waals surface area contributed by atoms with Gasteiger partial charge in [0.05, 0.1) is 10.6 Å². The number of aromatic nitrogens is 2. The number of para-hydroxylation sites is 1. The van der Waals surface area contributed by atoms with Crippen LogP contribution >= 0.6 is 0 Å². The van der Waals surface area contributed by atoms with Gasteiger partial charge in [-0.05, 0) is 18.6 Å². The summed E-state index contributed by atoms with van der Waals surface area (Å²) in [5, 5.41) is 18.6. The molecule has 0 radical (unpaired) electrons. The molecule has 0 aliphatic carbocycles. The van der Waals surface area contributed by atoms with Crippen LogP contribution in [-0.4, -0.2) is 29.4 Å². The van der Waals surface area contributed by atoms with E-state index in [0.717, 1.165) is 23.9 Å². The van der Waals surface area contributed by atoms with Crippen molar-refractivity contribution in [2.24, 2.45) is 7.05 Å². The topological polar surface area (TPSA) is 107 Å². The van der Waals surface area contributed by atoms with Gasteiger partial charge < -0.3 is 5.32 Å². The van der Waals surface area contributed by atoms with Crippen LogP contribution in [0.4, 0.5) is 11.4 Å². The fraction of sp³-hybridized carbons (Fsp3) is 0.357. The number of nitro groups is 1. The maximum atomic E-state index is 11.7. The number of aryl methyl sites for hydroxylation is 2. The number of rotatable bonds is 6. The number of hydrogen-bond donors (Lipinski definition) is 1. The highest BCUT2D eigenvalue weighted by atomic mass is 32.2. The molecule has 0 unspecified atom stereocenters. The predicted octanol–water partition coefficient (Wildman–Crippen LogP) is 1.91. The highest BCUT2D eigenvalue weighted by Crippen LogP contribution is 2.32. The molecule has 1 aromatic carbocycles. The minimum absolute atomic E-state index is 0.170. The van der Waals surface area contributed by atoms with E-state index in [2.05, 4.69) is 10.4 Å². The molecule has 0 bridgehead atoms. The third kappa shape index (κ3) is 3.67. The first kappa shape index (κ1) is 16.9. The van der Waals surface area contributed by atoms with Gasteiger partial charge in [0.2, 0.25) is 0 Å². The Bertz CT molecular complexity index is 842. The van der Waals surface area contributed by atoms with Crippen LogP contribution in [0.5, 0.6) is 0 Å². The quantitative estimate of drug-likeness (QED) is 0.637. The lowest BCUT2D eigenvalue weighted by atomic mass is 10.2. The fourth-order valence-electron chi connectivity index (χ4n) is 2.37. The Hall–Kier alpha value is -2.42. The molecule has 8 nitrogen and oxygen atoms in total. The zero-order chi connectivity index (χ0) is 17.2. The number of anilines is 1. The van der Waals surface area contributed by atoms with Crippen molar-refractivity contribution in [2.75, 3.05) is 11.6 Å². The van der Waals surface area contributed by atoms with Gasteiger partial charge in [0.25, 0.3) is 0 Å². The van der Waals surface area contributed by atoms with Crippen molar-refractivity contribution in [3.05, 3.63) is 45.8 Å². The predicted molar refractivity (Wildman–Crippen MR) is 86.1 cm³/mol. The molecule has 2 rings (SSSR count). The Kier molecular flexibility index (Phi) is 4.69. The third-order valence-corrected chi connectivity index (χ3v) is 4.51. The Morgan fingerprint density at radius 1 is 1.39 bits per heavy atom. The minimum atomic E-state index is -3.69. The zero-order valence-electron chi connectivity index (χ0n) is 13.1. The van der Waals surface area contributed by atoms with E-state index < -0.39 is 20.4 Å². The molecule has 2 aromatic rings. The molecule has 0 fully saturated rings. The summed E-state index contributed by atoms with van der Waals surface area (Å²) in [6, 6.07) is 4.21. The summed E-state index contributed by atoms with van der Waals surface area (Å²) in [7, 11) is -1.89. The van der Waals surface area contributed by atoms with Gasteiger partial charge in [-0.25, -0.2) is 8.42 Å². The molecule has 0 spiro atoms. The number of nitrogens with zero attached hydrogens (tertiary/aromatic N) is 3. The second-order valence-electron chi connectivity index (χ2n) is 5.16. The van der Waals surface area contributed by atoms with E-state index in [0.29, 0.717) is 6.54 Å². The first-order chi connectivity index (χ1) is 10.7. The third-order valence-electron chi connectivity index (χ3n) is 3.38. The Morgan fingerprint density at radius 2 is 2.09 bits per heavy atom. The zero-order valence-corrected chi connectivity index (χ0v) is 13.9. The lowest BCUT2D eigenvalue weighted by Gasteiger charge is -2.09. The van der Waals surface area contributed by atoms with Crippen molar-refractivity contribution in [3.63, 3.8) is 0 Å². The largest absolute Gasteiger partial charge is 0.375 e. The molecule has 124 valence electrons. The van der Waals surface area contributed by atoms with Crippen LogP contribution < -0.4 is 5.32 Å².